The Kier molecular flexibility index (Phi) is 7.14. The second-order valence-electron chi connectivity index (χ2n) is 6.96. The lowest BCUT2D eigenvalue weighted by atomic mass is 10.2. The zero-order chi connectivity index (χ0) is 22.5. The minimum Gasteiger partial charge on any atom is -0.497 e. The number of amides is 2. The molecule has 1 atom stereocenters. The molecule has 0 aliphatic carbocycles. The molecule has 6 nitrogen and oxygen atoms in total. The number of thioether (sulfide) groups is 1. The van der Waals surface area contributed by atoms with Gasteiger partial charge in [-0.1, -0.05) is 29.4 Å². The molecule has 2 aromatic carbocycles. The highest BCUT2D eigenvalue weighted by molar-refractivity contribution is 8.15. The van der Waals surface area contributed by atoms with Gasteiger partial charge in [-0.15, -0.1) is 11.3 Å². The van der Waals surface area contributed by atoms with Gasteiger partial charge in [-0.05, 0) is 60.0 Å². The summed E-state index contributed by atoms with van der Waals surface area (Å²) in [6, 6.07) is 18.0. The van der Waals surface area contributed by atoms with E-state index >= 15 is 0 Å². The maximum Gasteiger partial charge on any atom is 0.238 e. The van der Waals surface area contributed by atoms with E-state index in [-0.39, 0.29) is 18.2 Å². The summed E-state index contributed by atoms with van der Waals surface area (Å²) in [5.74, 6) is 0.319. The lowest BCUT2D eigenvalue weighted by Crippen LogP contribution is -2.44. The summed E-state index contributed by atoms with van der Waals surface area (Å²) in [5, 5.41) is 5.36. The Morgan fingerprint density at radius 3 is 2.59 bits per heavy atom. The van der Waals surface area contributed by atoms with Crippen molar-refractivity contribution in [1.82, 2.24) is 4.90 Å². The molecule has 0 saturated carbocycles. The summed E-state index contributed by atoms with van der Waals surface area (Å²) in [4.78, 5) is 33.3. The number of hydrogen-bond donors (Lipinski definition) is 1. The quantitative estimate of drug-likeness (QED) is 0.495. The summed E-state index contributed by atoms with van der Waals surface area (Å²) in [5.41, 5.74) is 1.30. The van der Waals surface area contributed by atoms with Crippen molar-refractivity contribution in [2.24, 2.45) is 4.99 Å². The number of thiophene rings is 1. The van der Waals surface area contributed by atoms with Gasteiger partial charge in [0.2, 0.25) is 11.8 Å². The first kappa shape index (κ1) is 22.4. The molecule has 0 bridgehead atoms. The Morgan fingerprint density at radius 1 is 1.19 bits per heavy atom. The molecular formula is C23H20ClN3O3S2. The van der Waals surface area contributed by atoms with E-state index in [1.165, 1.54) is 11.8 Å². The fraction of sp³-hybridized carbons (Fsp3) is 0.174. The third-order valence-corrected chi connectivity index (χ3v) is 7.04. The van der Waals surface area contributed by atoms with Crippen LogP contribution < -0.4 is 10.1 Å². The van der Waals surface area contributed by atoms with Crippen molar-refractivity contribution in [2.45, 2.75) is 18.2 Å². The van der Waals surface area contributed by atoms with Crippen LogP contribution in [-0.4, -0.2) is 34.2 Å². The standard InChI is InChI=1S/C23H20ClN3O3S2/c1-30-18-10-8-16(9-11-18)25-22(29)20-13-21(28)27(14-19-3-2-12-31-19)23(32-20)26-17-6-4-15(24)5-7-17/h2-12,20H,13-14H2,1H3,(H,25,29). The van der Waals surface area contributed by atoms with Gasteiger partial charge >= 0.3 is 0 Å². The molecule has 4 rings (SSSR count). The predicted molar refractivity (Wildman–Crippen MR) is 131 cm³/mol. The van der Waals surface area contributed by atoms with Crippen LogP contribution in [0.2, 0.25) is 5.02 Å². The van der Waals surface area contributed by atoms with Crippen LogP contribution in [0.3, 0.4) is 0 Å². The first-order chi connectivity index (χ1) is 15.5. The average Bonchev–Trinajstić information content (AvgIpc) is 3.31. The van der Waals surface area contributed by atoms with Crippen molar-refractivity contribution < 1.29 is 14.3 Å². The smallest absolute Gasteiger partial charge is 0.238 e. The van der Waals surface area contributed by atoms with Gasteiger partial charge in [0.05, 0.1) is 19.3 Å². The SMILES string of the molecule is COc1ccc(NC(=O)C2CC(=O)N(Cc3cccs3)C(=Nc3ccc(Cl)cc3)S2)cc1. The van der Waals surface area contributed by atoms with Gasteiger partial charge in [-0.3, -0.25) is 14.5 Å². The molecule has 2 heterocycles. The molecule has 1 N–H and O–H groups in total. The summed E-state index contributed by atoms with van der Waals surface area (Å²) >= 11 is 8.85. The van der Waals surface area contributed by atoms with E-state index in [1.807, 2.05) is 17.5 Å². The van der Waals surface area contributed by atoms with Gasteiger partial charge in [0.15, 0.2) is 5.17 Å². The molecule has 1 aliphatic rings. The molecular weight excluding hydrogens is 466 g/mol. The first-order valence-corrected chi connectivity index (χ1v) is 11.9. The zero-order valence-electron chi connectivity index (χ0n) is 17.2. The monoisotopic (exact) mass is 485 g/mol. The van der Waals surface area contributed by atoms with E-state index in [9.17, 15) is 9.59 Å². The fourth-order valence-corrected chi connectivity index (χ4v) is 5.00. The molecule has 32 heavy (non-hydrogen) atoms. The van der Waals surface area contributed by atoms with Crippen LogP contribution in [-0.2, 0) is 16.1 Å². The van der Waals surface area contributed by atoms with E-state index in [0.717, 1.165) is 4.88 Å². The summed E-state index contributed by atoms with van der Waals surface area (Å²) in [7, 11) is 1.58. The Hall–Kier alpha value is -2.81. The van der Waals surface area contributed by atoms with Crippen LogP contribution in [0.4, 0.5) is 11.4 Å². The highest BCUT2D eigenvalue weighted by atomic mass is 35.5. The lowest BCUT2D eigenvalue weighted by molar-refractivity contribution is -0.129. The molecule has 3 aromatic rings. The van der Waals surface area contributed by atoms with Crippen LogP contribution in [0, 0.1) is 0 Å². The average molecular weight is 486 g/mol. The van der Waals surface area contributed by atoms with E-state index in [1.54, 1.807) is 71.9 Å². The van der Waals surface area contributed by atoms with Crippen LogP contribution in [0.1, 0.15) is 11.3 Å². The third kappa shape index (κ3) is 5.51. The number of hydrogen-bond acceptors (Lipinski definition) is 6. The Labute approximate surface area is 199 Å². The number of anilines is 1. The van der Waals surface area contributed by atoms with Gasteiger partial charge in [0.1, 0.15) is 11.0 Å². The minimum atomic E-state index is -0.588. The number of nitrogens with zero attached hydrogens (tertiary/aromatic N) is 2. The molecule has 1 aliphatic heterocycles. The number of halogens is 1. The van der Waals surface area contributed by atoms with Gasteiger partial charge in [-0.2, -0.15) is 0 Å². The van der Waals surface area contributed by atoms with Gasteiger partial charge < -0.3 is 10.1 Å². The first-order valence-electron chi connectivity index (χ1n) is 9.80. The minimum absolute atomic E-state index is 0.0949. The van der Waals surface area contributed by atoms with Crippen molar-refractivity contribution in [3.63, 3.8) is 0 Å². The number of benzene rings is 2. The van der Waals surface area contributed by atoms with Crippen molar-refractivity contribution >= 4 is 63.1 Å². The van der Waals surface area contributed by atoms with Gasteiger partial charge in [0, 0.05) is 22.0 Å². The van der Waals surface area contributed by atoms with Gasteiger partial charge in [-0.25, -0.2) is 4.99 Å². The lowest BCUT2D eigenvalue weighted by Gasteiger charge is -2.31. The number of ether oxygens (including phenoxy) is 1. The number of nitrogens with one attached hydrogen (secondary N) is 1. The molecule has 1 aromatic heterocycles. The van der Waals surface area contributed by atoms with E-state index in [4.69, 9.17) is 16.3 Å². The number of rotatable bonds is 6. The molecule has 1 unspecified atom stereocenters. The summed E-state index contributed by atoms with van der Waals surface area (Å²) in [6.07, 6.45) is 0.0949. The number of carbonyl (C=O) groups is 2. The van der Waals surface area contributed by atoms with Crippen LogP contribution in [0.15, 0.2) is 71.0 Å². The fourth-order valence-electron chi connectivity index (χ4n) is 3.08. The maximum absolute atomic E-state index is 13.0. The van der Waals surface area contributed by atoms with Gasteiger partial charge in [0.25, 0.3) is 0 Å². The normalized spacial score (nSPS) is 17.4. The number of methoxy groups -OCH3 is 1. The highest BCUT2D eigenvalue weighted by Crippen LogP contribution is 2.32. The van der Waals surface area contributed by atoms with Crippen molar-refractivity contribution in [3.8, 4) is 5.75 Å². The Balaban J connectivity index is 1.56. The number of carbonyl (C=O) groups excluding carboxylic acids is 2. The zero-order valence-corrected chi connectivity index (χ0v) is 19.5. The maximum atomic E-state index is 13.0. The number of amidine groups is 1. The molecule has 2 amide bonds. The van der Waals surface area contributed by atoms with E-state index < -0.39 is 5.25 Å². The molecule has 1 saturated heterocycles. The highest BCUT2D eigenvalue weighted by Gasteiger charge is 2.36. The Bertz CT molecular complexity index is 1120. The molecule has 0 radical (unpaired) electrons. The summed E-state index contributed by atoms with van der Waals surface area (Å²) < 4.78 is 5.15. The van der Waals surface area contributed by atoms with E-state index in [2.05, 4.69) is 10.3 Å². The molecule has 164 valence electrons. The van der Waals surface area contributed by atoms with Crippen molar-refractivity contribution in [3.05, 3.63) is 75.9 Å². The van der Waals surface area contributed by atoms with E-state index in [0.29, 0.717) is 33.9 Å². The summed E-state index contributed by atoms with van der Waals surface area (Å²) in [6.45, 7) is 0.419. The third-order valence-electron chi connectivity index (χ3n) is 4.74. The van der Waals surface area contributed by atoms with Crippen LogP contribution in [0.25, 0.3) is 0 Å². The molecule has 9 heteroatoms. The van der Waals surface area contributed by atoms with Crippen LogP contribution >= 0.6 is 34.7 Å². The number of aliphatic imine (C=N–C) groups is 1. The topological polar surface area (TPSA) is 71.0 Å². The second-order valence-corrected chi connectivity index (χ2v) is 9.60. The van der Waals surface area contributed by atoms with Crippen molar-refractivity contribution in [1.29, 1.82) is 0 Å². The largest absolute Gasteiger partial charge is 0.497 e. The second kappa shape index (κ2) is 10.2. The van der Waals surface area contributed by atoms with Crippen molar-refractivity contribution in [2.75, 3.05) is 12.4 Å². The predicted octanol–water partition coefficient (Wildman–Crippen LogP) is 5.57. The molecule has 1 fully saturated rings. The Morgan fingerprint density at radius 2 is 1.94 bits per heavy atom. The van der Waals surface area contributed by atoms with Crippen LogP contribution in [0.5, 0.6) is 5.75 Å². The molecule has 0 spiro atoms.